The van der Waals surface area contributed by atoms with E-state index in [4.69, 9.17) is 4.74 Å². The number of ether oxygens (including phenoxy) is 1. The Bertz CT molecular complexity index is 355. The lowest BCUT2D eigenvalue weighted by Crippen LogP contribution is -2.38. The number of hydrogen-bond acceptors (Lipinski definition) is 6. The Morgan fingerprint density at radius 1 is 1.50 bits per heavy atom. The second-order valence-corrected chi connectivity index (χ2v) is 8.15. The molecular weight excluding hydrogens is 292 g/mol. The van der Waals surface area contributed by atoms with Crippen molar-refractivity contribution in [1.29, 1.82) is 0 Å². The maximum Gasteiger partial charge on any atom is 0.309 e. The first-order valence-electron chi connectivity index (χ1n) is 7.37. The fourth-order valence-corrected chi connectivity index (χ4v) is 4.98. The van der Waals surface area contributed by atoms with Crippen molar-refractivity contribution in [3.05, 3.63) is 0 Å². The van der Waals surface area contributed by atoms with Crippen LogP contribution in [0.25, 0.3) is 0 Å². The Balaban J connectivity index is 1.57. The lowest BCUT2D eigenvalue weighted by molar-refractivity contribution is -0.149. The van der Waals surface area contributed by atoms with E-state index in [0.717, 1.165) is 44.8 Å². The Labute approximate surface area is 130 Å². The Kier molecular flexibility index (Phi) is 6.71. The molecule has 1 atom stereocenters. The summed E-state index contributed by atoms with van der Waals surface area (Å²) in [6.45, 7) is 8.59. The fraction of sp³-hybridized carbons (Fsp3) is 0.857. The first-order valence-corrected chi connectivity index (χ1v) is 9.30. The third kappa shape index (κ3) is 4.97. The average Bonchev–Trinajstić information content (AvgIpc) is 2.85. The van der Waals surface area contributed by atoms with Crippen molar-refractivity contribution >= 4 is 34.5 Å². The van der Waals surface area contributed by atoms with E-state index in [-0.39, 0.29) is 11.9 Å². The summed E-state index contributed by atoms with van der Waals surface area (Å²) in [5.74, 6) is 1.28. The molecule has 2 heterocycles. The van der Waals surface area contributed by atoms with Crippen LogP contribution in [0.1, 0.15) is 26.7 Å². The number of carbonyl (C=O) groups is 1. The zero-order valence-corrected chi connectivity index (χ0v) is 14.0. The molecule has 0 radical (unpaired) electrons. The summed E-state index contributed by atoms with van der Waals surface area (Å²) in [7, 11) is 0. The molecule has 114 valence electrons. The number of carbonyl (C=O) groups excluding carboxylic acids is 1. The number of likely N-dealkylation sites (tertiary alicyclic amines) is 1. The summed E-state index contributed by atoms with van der Waals surface area (Å²) < 4.78 is 5.72. The molecule has 6 heteroatoms. The van der Waals surface area contributed by atoms with Gasteiger partial charge >= 0.3 is 5.97 Å². The topological polar surface area (TPSA) is 41.9 Å². The van der Waals surface area contributed by atoms with Gasteiger partial charge in [-0.1, -0.05) is 11.8 Å². The lowest BCUT2D eigenvalue weighted by Gasteiger charge is -2.30. The predicted octanol–water partition coefficient (Wildman–Crippen LogP) is 2.49. The SMILES string of the molecule is CCOC(=O)C1CCN(CCSC2CN=C(C)S2)CC1. The second-order valence-electron chi connectivity index (χ2n) is 5.15. The fourth-order valence-electron chi connectivity index (χ4n) is 2.52. The molecular formula is C14H24N2O2S2. The Morgan fingerprint density at radius 3 is 2.85 bits per heavy atom. The number of aliphatic imine (C=N–C) groups is 1. The number of rotatable bonds is 6. The molecule has 0 N–H and O–H groups in total. The standard InChI is InChI=1S/C14H24N2O2S2/c1-3-18-14(17)12-4-6-16(7-5-12)8-9-19-13-10-15-11(2)20-13/h12-13H,3-10H2,1-2H3. The zero-order valence-electron chi connectivity index (χ0n) is 12.3. The van der Waals surface area contributed by atoms with Gasteiger partial charge in [0.05, 0.1) is 28.7 Å². The van der Waals surface area contributed by atoms with Gasteiger partial charge in [0, 0.05) is 12.3 Å². The van der Waals surface area contributed by atoms with Crippen LogP contribution in [0, 0.1) is 5.92 Å². The minimum Gasteiger partial charge on any atom is -0.466 e. The molecule has 0 aliphatic carbocycles. The van der Waals surface area contributed by atoms with Crippen molar-refractivity contribution < 1.29 is 9.53 Å². The molecule has 2 rings (SSSR count). The number of thioether (sulfide) groups is 2. The Morgan fingerprint density at radius 2 is 2.25 bits per heavy atom. The number of nitrogens with zero attached hydrogens (tertiary/aromatic N) is 2. The van der Waals surface area contributed by atoms with E-state index in [1.807, 2.05) is 30.4 Å². The van der Waals surface area contributed by atoms with Gasteiger partial charge in [0.2, 0.25) is 0 Å². The van der Waals surface area contributed by atoms with Gasteiger partial charge in [0.15, 0.2) is 0 Å². The second kappa shape index (κ2) is 8.29. The van der Waals surface area contributed by atoms with E-state index >= 15 is 0 Å². The zero-order chi connectivity index (χ0) is 14.4. The lowest BCUT2D eigenvalue weighted by atomic mass is 9.97. The van der Waals surface area contributed by atoms with Gasteiger partial charge in [-0.2, -0.15) is 0 Å². The quantitative estimate of drug-likeness (QED) is 0.704. The van der Waals surface area contributed by atoms with E-state index in [1.165, 1.54) is 5.04 Å². The van der Waals surface area contributed by atoms with E-state index in [1.54, 1.807) is 0 Å². The van der Waals surface area contributed by atoms with Crippen molar-refractivity contribution in [3.8, 4) is 0 Å². The average molecular weight is 316 g/mol. The van der Waals surface area contributed by atoms with Crippen molar-refractivity contribution in [2.24, 2.45) is 10.9 Å². The molecule has 0 spiro atoms. The molecule has 0 amide bonds. The molecule has 0 aromatic rings. The smallest absolute Gasteiger partial charge is 0.309 e. The summed E-state index contributed by atoms with van der Waals surface area (Å²) in [4.78, 5) is 18.6. The van der Waals surface area contributed by atoms with Crippen LogP contribution in [-0.2, 0) is 9.53 Å². The highest BCUT2D eigenvalue weighted by molar-refractivity contribution is 8.25. The molecule has 1 unspecified atom stereocenters. The molecule has 20 heavy (non-hydrogen) atoms. The number of esters is 1. The highest BCUT2D eigenvalue weighted by Gasteiger charge is 2.26. The van der Waals surface area contributed by atoms with Gasteiger partial charge in [-0.3, -0.25) is 9.79 Å². The van der Waals surface area contributed by atoms with Gasteiger partial charge in [-0.05, 0) is 39.8 Å². The molecule has 0 saturated carbocycles. The molecule has 0 aromatic heterocycles. The third-order valence-electron chi connectivity index (χ3n) is 3.68. The molecule has 0 bridgehead atoms. The van der Waals surface area contributed by atoms with Gasteiger partial charge in [-0.15, -0.1) is 11.8 Å². The summed E-state index contributed by atoms with van der Waals surface area (Å²) in [6.07, 6.45) is 1.90. The third-order valence-corrected chi connectivity index (χ3v) is 6.20. The Hall–Kier alpha value is -0.200. The maximum absolute atomic E-state index is 11.7. The highest BCUT2D eigenvalue weighted by Crippen LogP contribution is 2.30. The van der Waals surface area contributed by atoms with E-state index < -0.39 is 0 Å². The minimum atomic E-state index is -0.00324. The van der Waals surface area contributed by atoms with E-state index in [9.17, 15) is 4.79 Å². The van der Waals surface area contributed by atoms with Crippen LogP contribution in [-0.4, -0.2) is 59.0 Å². The molecule has 4 nitrogen and oxygen atoms in total. The molecule has 2 aliphatic rings. The van der Waals surface area contributed by atoms with Gasteiger partial charge in [0.1, 0.15) is 0 Å². The number of piperidine rings is 1. The molecule has 0 aromatic carbocycles. The predicted molar refractivity (Wildman–Crippen MR) is 87.6 cm³/mol. The van der Waals surface area contributed by atoms with Crippen LogP contribution in [0.3, 0.4) is 0 Å². The van der Waals surface area contributed by atoms with Crippen molar-refractivity contribution in [1.82, 2.24) is 4.90 Å². The van der Waals surface area contributed by atoms with Crippen LogP contribution in [0.5, 0.6) is 0 Å². The number of hydrogen-bond donors (Lipinski definition) is 0. The normalized spacial score (nSPS) is 24.7. The molecule has 1 saturated heterocycles. The largest absolute Gasteiger partial charge is 0.466 e. The van der Waals surface area contributed by atoms with Crippen LogP contribution < -0.4 is 0 Å². The van der Waals surface area contributed by atoms with Crippen molar-refractivity contribution in [2.75, 3.05) is 38.5 Å². The van der Waals surface area contributed by atoms with Crippen molar-refractivity contribution in [3.63, 3.8) is 0 Å². The first-order chi connectivity index (χ1) is 9.69. The summed E-state index contributed by atoms with van der Waals surface area (Å²) in [5.41, 5.74) is 0. The van der Waals surface area contributed by atoms with E-state index in [2.05, 4.69) is 16.8 Å². The molecule has 1 fully saturated rings. The van der Waals surface area contributed by atoms with Gasteiger partial charge < -0.3 is 9.64 Å². The summed E-state index contributed by atoms with van der Waals surface area (Å²) >= 11 is 3.91. The van der Waals surface area contributed by atoms with Gasteiger partial charge in [0.25, 0.3) is 0 Å². The minimum absolute atomic E-state index is 0.00324. The van der Waals surface area contributed by atoms with Crippen LogP contribution in [0.15, 0.2) is 4.99 Å². The highest BCUT2D eigenvalue weighted by atomic mass is 32.2. The van der Waals surface area contributed by atoms with E-state index in [0.29, 0.717) is 11.2 Å². The van der Waals surface area contributed by atoms with Crippen LogP contribution in [0.4, 0.5) is 0 Å². The van der Waals surface area contributed by atoms with Crippen LogP contribution >= 0.6 is 23.5 Å². The van der Waals surface area contributed by atoms with Crippen molar-refractivity contribution in [2.45, 2.75) is 31.3 Å². The molecule has 2 aliphatic heterocycles. The summed E-state index contributed by atoms with van der Waals surface area (Å²) in [6, 6.07) is 0. The monoisotopic (exact) mass is 316 g/mol. The summed E-state index contributed by atoms with van der Waals surface area (Å²) in [5, 5.41) is 1.22. The first kappa shape index (κ1) is 16.2. The maximum atomic E-state index is 11.7. The van der Waals surface area contributed by atoms with Gasteiger partial charge in [-0.25, -0.2) is 0 Å². The van der Waals surface area contributed by atoms with Crippen LogP contribution in [0.2, 0.25) is 0 Å².